The quantitative estimate of drug-likeness (QED) is 0.502. The van der Waals surface area contributed by atoms with Crippen molar-refractivity contribution in [2.24, 2.45) is 0 Å². The summed E-state index contributed by atoms with van der Waals surface area (Å²) in [6, 6.07) is 13.7. The Morgan fingerprint density at radius 1 is 1.00 bits per heavy atom. The van der Waals surface area contributed by atoms with E-state index >= 15 is 0 Å². The number of hydrogen-bond donors (Lipinski definition) is 0. The first-order valence-electron chi connectivity index (χ1n) is 10.1. The van der Waals surface area contributed by atoms with Crippen molar-refractivity contribution < 1.29 is 14.3 Å². The minimum Gasteiger partial charge on any atom is -0.497 e. The van der Waals surface area contributed by atoms with Crippen molar-refractivity contribution in [2.45, 2.75) is 25.7 Å². The van der Waals surface area contributed by atoms with Crippen molar-refractivity contribution in [1.82, 2.24) is 19.6 Å². The Bertz CT molecular complexity index is 1290. The summed E-state index contributed by atoms with van der Waals surface area (Å²) in [5.41, 5.74) is 4.42. The lowest BCUT2D eigenvalue weighted by molar-refractivity contribution is 0.0962. The molecule has 1 aliphatic carbocycles. The monoisotopic (exact) mass is 414 g/mol. The third-order valence-corrected chi connectivity index (χ3v) is 5.77. The molecule has 2 aromatic heterocycles. The molecule has 2 heterocycles. The third-order valence-electron chi connectivity index (χ3n) is 5.77. The molecule has 0 unspecified atom stereocenters. The van der Waals surface area contributed by atoms with E-state index in [0.717, 1.165) is 22.6 Å². The summed E-state index contributed by atoms with van der Waals surface area (Å²) in [4.78, 5) is 22.3. The summed E-state index contributed by atoms with van der Waals surface area (Å²) in [7, 11) is 3.24. The highest BCUT2D eigenvalue weighted by molar-refractivity contribution is 5.98. The molecule has 0 spiro atoms. The van der Waals surface area contributed by atoms with E-state index in [4.69, 9.17) is 14.5 Å². The first kappa shape index (κ1) is 19.2. The summed E-state index contributed by atoms with van der Waals surface area (Å²) < 4.78 is 12.4. The van der Waals surface area contributed by atoms with Gasteiger partial charge in [-0.25, -0.2) is 9.50 Å². The largest absolute Gasteiger partial charge is 0.497 e. The second-order valence-corrected chi connectivity index (χ2v) is 7.78. The van der Waals surface area contributed by atoms with Crippen molar-refractivity contribution in [2.75, 3.05) is 14.2 Å². The number of aromatic nitrogens is 4. The van der Waals surface area contributed by atoms with Gasteiger partial charge in [-0.2, -0.15) is 4.98 Å². The number of fused-ring (bicyclic) bond motifs is 2. The van der Waals surface area contributed by atoms with Crippen LogP contribution < -0.4 is 9.47 Å². The number of methoxy groups -OCH3 is 2. The molecule has 7 nitrogen and oxygen atoms in total. The molecule has 0 N–H and O–H groups in total. The van der Waals surface area contributed by atoms with E-state index in [1.165, 1.54) is 5.56 Å². The van der Waals surface area contributed by atoms with Gasteiger partial charge in [0, 0.05) is 30.2 Å². The van der Waals surface area contributed by atoms with Crippen molar-refractivity contribution >= 4 is 11.6 Å². The van der Waals surface area contributed by atoms with E-state index in [1.807, 2.05) is 49.4 Å². The van der Waals surface area contributed by atoms with Gasteiger partial charge in [0.1, 0.15) is 11.5 Å². The van der Waals surface area contributed by atoms with Crippen LogP contribution in [0.2, 0.25) is 0 Å². The molecule has 4 aromatic rings. The SMILES string of the molecule is COc1ccc([C@H]2CC(=O)c3cn4nc(-c5ccc(C)cc5)nc4nc3C2)c(OC)c1. The molecular formula is C24H22N4O3. The topological polar surface area (TPSA) is 78.6 Å². The van der Waals surface area contributed by atoms with Crippen molar-refractivity contribution in [3.8, 4) is 22.9 Å². The number of carbonyl (C=O) groups is 1. The Kier molecular flexibility index (Phi) is 4.66. The van der Waals surface area contributed by atoms with Gasteiger partial charge in [-0.15, -0.1) is 5.10 Å². The van der Waals surface area contributed by atoms with Crippen LogP contribution in [-0.2, 0) is 6.42 Å². The van der Waals surface area contributed by atoms with Gasteiger partial charge in [0.15, 0.2) is 11.6 Å². The molecule has 5 rings (SSSR count). The predicted molar refractivity (Wildman–Crippen MR) is 116 cm³/mol. The zero-order valence-electron chi connectivity index (χ0n) is 17.6. The van der Waals surface area contributed by atoms with Gasteiger partial charge in [0.2, 0.25) is 0 Å². The van der Waals surface area contributed by atoms with E-state index in [-0.39, 0.29) is 11.7 Å². The molecule has 0 saturated carbocycles. The molecule has 0 bridgehead atoms. The van der Waals surface area contributed by atoms with Crippen LogP contribution >= 0.6 is 0 Å². The lowest BCUT2D eigenvalue weighted by Gasteiger charge is -2.24. The third kappa shape index (κ3) is 3.42. The summed E-state index contributed by atoms with van der Waals surface area (Å²) in [6.07, 6.45) is 2.78. The second-order valence-electron chi connectivity index (χ2n) is 7.78. The highest BCUT2D eigenvalue weighted by atomic mass is 16.5. The molecule has 1 aliphatic rings. The standard InChI is InChI=1S/C24H22N4O3/c1-14-4-6-15(7-5-14)23-26-24-25-20-10-16(11-21(29)19(20)13-28(24)27-23)18-9-8-17(30-2)12-22(18)31-3/h4-9,12-13,16H,10-11H2,1-3H3/t16-/m1/s1. The van der Waals surface area contributed by atoms with Gasteiger partial charge in [-0.05, 0) is 25.0 Å². The normalized spacial score (nSPS) is 15.7. The number of rotatable bonds is 4. The number of carbonyl (C=O) groups excluding carboxylic acids is 1. The number of aryl methyl sites for hydroxylation is 1. The molecule has 7 heteroatoms. The smallest absolute Gasteiger partial charge is 0.252 e. The maximum atomic E-state index is 13.0. The second kappa shape index (κ2) is 7.50. The number of benzene rings is 2. The van der Waals surface area contributed by atoms with Crippen LogP contribution in [-0.4, -0.2) is 39.6 Å². The molecule has 0 fully saturated rings. The van der Waals surface area contributed by atoms with Crippen LogP contribution in [0.25, 0.3) is 17.2 Å². The molecule has 0 radical (unpaired) electrons. The summed E-state index contributed by atoms with van der Waals surface area (Å²) in [5.74, 6) is 2.54. The Morgan fingerprint density at radius 3 is 2.55 bits per heavy atom. The zero-order valence-corrected chi connectivity index (χ0v) is 17.6. The van der Waals surface area contributed by atoms with Crippen LogP contribution in [0.15, 0.2) is 48.7 Å². The van der Waals surface area contributed by atoms with Crippen LogP contribution in [0.4, 0.5) is 0 Å². The van der Waals surface area contributed by atoms with Gasteiger partial charge in [0.05, 0.1) is 25.5 Å². The molecule has 31 heavy (non-hydrogen) atoms. The fourth-order valence-corrected chi connectivity index (χ4v) is 4.08. The first-order valence-corrected chi connectivity index (χ1v) is 10.1. The lowest BCUT2D eigenvalue weighted by Crippen LogP contribution is -2.21. The number of Topliss-reactive ketones (excluding diaryl/α,β-unsaturated/α-hetero) is 1. The van der Waals surface area contributed by atoms with Gasteiger partial charge in [0.25, 0.3) is 5.78 Å². The zero-order chi connectivity index (χ0) is 21.5. The fraction of sp³-hybridized carbons (Fsp3) is 0.250. The van der Waals surface area contributed by atoms with E-state index in [1.54, 1.807) is 24.9 Å². The first-order chi connectivity index (χ1) is 15.1. The number of hydrogen-bond acceptors (Lipinski definition) is 6. The Balaban J connectivity index is 1.52. The molecule has 0 aliphatic heterocycles. The maximum absolute atomic E-state index is 13.0. The minimum absolute atomic E-state index is 0.0182. The van der Waals surface area contributed by atoms with Crippen LogP contribution in [0.5, 0.6) is 11.5 Å². The van der Waals surface area contributed by atoms with Crippen molar-refractivity contribution in [1.29, 1.82) is 0 Å². The lowest BCUT2D eigenvalue weighted by atomic mass is 9.82. The maximum Gasteiger partial charge on any atom is 0.252 e. The number of ether oxygens (including phenoxy) is 2. The summed E-state index contributed by atoms with van der Waals surface area (Å²) in [5, 5.41) is 4.54. The summed E-state index contributed by atoms with van der Waals surface area (Å²) in [6.45, 7) is 2.04. The molecular weight excluding hydrogens is 392 g/mol. The predicted octanol–water partition coefficient (Wildman–Crippen LogP) is 4.03. The van der Waals surface area contributed by atoms with Crippen molar-refractivity contribution in [3.63, 3.8) is 0 Å². The Morgan fingerprint density at radius 2 is 1.81 bits per heavy atom. The highest BCUT2D eigenvalue weighted by Crippen LogP contribution is 2.38. The van der Waals surface area contributed by atoms with E-state index < -0.39 is 0 Å². The number of nitrogens with zero attached hydrogens (tertiary/aromatic N) is 4. The molecule has 0 amide bonds. The molecule has 1 atom stereocenters. The average Bonchev–Trinajstić information content (AvgIpc) is 3.20. The Labute approximate surface area is 179 Å². The van der Waals surface area contributed by atoms with Gasteiger partial charge < -0.3 is 9.47 Å². The Hall–Kier alpha value is -3.74. The van der Waals surface area contributed by atoms with Crippen LogP contribution in [0.3, 0.4) is 0 Å². The van der Waals surface area contributed by atoms with Crippen LogP contribution in [0, 0.1) is 6.92 Å². The van der Waals surface area contributed by atoms with Gasteiger partial charge in [-0.3, -0.25) is 4.79 Å². The minimum atomic E-state index is -0.0182. The summed E-state index contributed by atoms with van der Waals surface area (Å²) >= 11 is 0. The average molecular weight is 414 g/mol. The van der Waals surface area contributed by atoms with Gasteiger partial charge in [-0.1, -0.05) is 35.9 Å². The van der Waals surface area contributed by atoms with E-state index in [2.05, 4.69) is 10.1 Å². The number of ketones is 1. The van der Waals surface area contributed by atoms with Crippen LogP contribution in [0.1, 0.15) is 39.5 Å². The highest BCUT2D eigenvalue weighted by Gasteiger charge is 2.30. The molecule has 156 valence electrons. The van der Waals surface area contributed by atoms with Crippen molar-refractivity contribution in [3.05, 3.63) is 71.0 Å². The van der Waals surface area contributed by atoms with Gasteiger partial charge >= 0.3 is 0 Å². The fourth-order valence-electron chi connectivity index (χ4n) is 4.08. The molecule has 0 saturated heterocycles. The molecule has 2 aromatic carbocycles. The van der Waals surface area contributed by atoms with E-state index in [9.17, 15) is 4.79 Å². The van der Waals surface area contributed by atoms with E-state index in [0.29, 0.717) is 35.8 Å².